The smallest absolute Gasteiger partial charge is 0.387 e. The fourth-order valence-corrected chi connectivity index (χ4v) is 2.12. The number of aryl methyl sites for hydroxylation is 1. The number of nitrogens with two attached hydrogens (primary N) is 1. The summed E-state index contributed by atoms with van der Waals surface area (Å²) in [4.78, 5) is 11.7. The zero-order valence-corrected chi connectivity index (χ0v) is 14.1. The minimum atomic E-state index is -2.88. The van der Waals surface area contributed by atoms with E-state index in [2.05, 4.69) is 10.1 Å². The summed E-state index contributed by atoms with van der Waals surface area (Å²) in [6.07, 6.45) is 4.20. The van der Waals surface area contributed by atoms with Crippen LogP contribution in [0.3, 0.4) is 0 Å². The number of halogens is 3. The quantitative estimate of drug-likeness (QED) is 0.634. The molecule has 0 saturated carbocycles. The third-order valence-electron chi connectivity index (χ3n) is 3.27. The molecule has 0 aliphatic heterocycles. The van der Waals surface area contributed by atoms with Crippen molar-refractivity contribution in [3.05, 3.63) is 29.3 Å². The maximum absolute atomic E-state index is 12.3. The normalized spacial score (nSPS) is 10.3. The van der Waals surface area contributed by atoms with Gasteiger partial charge in [-0.05, 0) is 32.4 Å². The zero-order chi connectivity index (χ0) is 16.4. The molecule has 3 N–H and O–H groups in total. The van der Waals surface area contributed by atoms with Gasteiger partial charge in [-0.15, -0.1) is 12.4 Å². The first-order chi connectivity index (χ1) is 10.5. The Kier molecular flexibility index (Phi) is 11.3. The predicted molar refractivity (Wildman–Crippen MR) is 89.0 cm³/mol. The summed E-state index contributed by atoms with van der Waals surface area (Å²) < 4.78 is 29.2. The van der Waals surface area contributed by atoms with Gasteiger partial charge in [0.25, 0.3) is 0 Å². The largest absolute Gasteiger partial charge is 0.434 e. The molecule has 1 rings (SSSR count). The lowest BCUT2D eigenvalue weighted by Gasteiger charge is -2.12. The van der Waals surface area contributed by atoms with Crippen molar-refractivity contribution in [2.75, 3.05) is 6.54 Å². The Labute approximate surface area is 142 Å². The molecule has 1 amide bonds. The second kappa shape index (κ2) is 12.1. The molecule has 0 unspecified atom stereocenters. The van der Waals surface area contributed by atoms with Crippen LogP contribution in [0, 0.1) is 6.92 Å². The molecule has 0 heterocycles. The summed E-state index contributed by atoms with van der Waals surface area (Å²) in [6.45, 7) is -0.160. The van der Waals surface area contributed by atoms with Crippen LogP contribution in [0.1, 0.15) is 43.2 Å². The zero-order valence-electron chi connectivity index (χ0n) is 13.3. The lowest BCUT2D eigenvalue weighted by atomic mass is 10.1. The van der Waals surface area contributed by atoms with Crippen LogP contribution in [0.4, 0.5) is 8.78 Å². The number of nitrogens with one attached hydrogen (secondary N) is 1. The van der Waals surface area contributed by atoms with Crippen LogP contribution >= 0.6 is 12.4 Å². The van der Waals surface area contributed by atoms with E-state index in [-0.39, 0.29) is 30.6 Å². The number of alkyl halides is 2. The number of hydrogen-bond acceptors (Lipinski definition) is 3. The van der Waals surface area contributed by atoms with E-state index in [9.17, 15) is 13.6 Å². The monoisotopic (exact) mass is 350 g/mol. The number of hydrogen-bond donors (Lipinski definition) is 2. The molecule has 1 aromatic rings. The van der Waals surface area contributed by atoms with Gasteiger partial charge < -0.3 is 15.8 Å². The molecule has 0 aliphatic rings. The molecule has 23 heavy (non-hydrogen) atoms. The maximum Gasteiger partial charge on any atom is 0.387 e. The van der Waals surface area contributed by atoms with E-state index in [0.717, 1.165) is 31.2 Å². The molecule has 0 saturated heterocycles. The average molecular weight is 351 g/mol. The number of benzene rings is 1. The number of amides is 1. The molecule has 0 atom stereocenters. The number of ether oxygens (including phenoxy) is 1. The minimum Gasteiger partial charge on any atom is -0.434 e. The summed E-state index contributed by atoms with van der Waals surface area (Å²) >= 11 is 0. The van der Waals surface area contributed by atoms with Gasteiger partial charge in [-0.3, -0.25) is 4.79 Å². The molecule has 0 radical (unpaired) electrons. The van der Waals surface area contributed by atoms with E-state index >= 15 is 0 Å². The van der Waals surface area contributed by atoms with Crippen LogP contribution in [0.5, 0.6) is 5.75 Å². The van der Waals surface area contributed by atoms with E-state index in [1.54, 1.807) is 12.1 Å². The van der Waals surface area contributed by atoms with Crippen LogP contribution in [-0.4, -0.2) is 19.1 Å². The first kappa shape index (κ1) is 21.6. The molecule has 132 valence electrons. The van der Waals surface area contributed by atoms with Crippen molar-refractivity contribution in [1.29, 1.82) is 0 Å². The second-order valence-corrected chi connectivity index (χ2v) is 5.22. The molecule has 0 bridgehead atoms. The van der Waals surface area contributed by atoms with Gasteiger partial charge in [0.15, 0.2) is 0 Å². The summed E-state index contributed by atoms with van der Waals surface area (Å²) in [7, 11) is 0. The van der Waals surface area contributed by atoms with Crippen LogP contribution in [0.25, 0.3) is 0 Å². The van der Waals surface area contributed by atoms with Gasteiger partial charge in [-0.25, -0.2) is 0 Å². The van der Waals surface area contributed by atoms with E-state index in [1.807, 2.05) is 6.92 Å². The standard InChI is InChI=1S/C16H24F2N2O2.ClH/c1-12-7-8-14(22-16(17)18)13(10-12)11-20-15(21)6-4-2-3-5-9-19;/h7-8,10,16H,2-6,9,11,19H2,1H3,(H,20,21);1H. The van der Waals surface area contributed by atoms with E-state index in [4.69, 9.17) is 5.73 Å². The Balaban J connectivity index is 0.00000484. The lowest BCUT2D eigenvalue weighted by molar-refractivity contribution is -0.121. The first-order valence-electron chi connectivity index (χ1n) is 7.54. The van der Waals surface area contributed by atoms with Crippen molar-refractivity contribution in [2.45, 2.75) is 52.2 Å². The SMILES string of the molecule is Cc1ccc(OC(F)F)c(CNC(=O)CCCCCCN)c1.Cl. The van der Waals surface area contributed by atoms with E-state index in [1.165, 1.54) is 6.07 Å². The number of carbonyl (C=O) groups excluding carboxylic acids is 1. The summed E-state index contributed by atoms with van der Waals surface area (Å²) in [5, 5.41) is 2.74. The second-order valence-electron chi connectivity index (χ2n) is 5.22. The molecule has 0 aromatic heterocycles. The molecule has 0 aliphatic carbocycles. The van der Waals surface area contributed by atoms with Gasteiger partial charge in [-0.1, -0.05) is 30.5 Å². The van der Waals surface area contributed by atoms with Gasteiger partial charge >= 0.3 is 6.61 Å². The number of carbonyl (C=O) groups is 1. The van der Waals surface area contributed by atoms with Gasteiger partial charge in [0, 0.05) is 18.5 Å². The molecule has 4 nitrogen and oxygen atoms in total. The van der Waals surface area contributed by atoms with Crippen LogP contribution in [-0.2, 0) is 11.3 Å². The van der Waals surface area contributed by atoms with Crippen molar-refractivity contribution in [3.8, 4) is 5.75 Å². The highest BCUT2D eigenvalue weighted by Crippen LogP contribution is 2.22. The highest BCUT2D eigenvalue weighted by Gasteiger charge is 2.11. The van der Waals surface area contributed by atoms with Crippen LogP contribution < -0.4 is 15.8 Å². The fraction of sp³-hybridized carbons (Fsp3) is 0.562. The highest BCUT2D eigenvalue weighted by atomic mass is 35.5. The van der Waals surface area contributed by atoms with Crippen LogP contribution in [0.15, 0.2) is 18.2 Å². The minimum absolute atomic E-state index is 0. The summed E-state index contributed by atoms with van der Waals surface area (Å²) in [5.74, 6) is 0.0149. The number of unbranched alkanes of at least 4 members (excludes halogenated alkanes) is 3. The van der Waals surface area contributed by atoms with E-state index < -0.39 is 6.61 Å². The third kappa shape index (κ3) is 9.36. The van der Waals surface area contributed by atoms with Crippen molar-refractivity contribution < 1.29 is 18.3 Å². The Bertz CT molecular complexity index is 473. The van der Waals surface area contributed by atoms with Crippen LogP contribution in [0.2, 0.25) is 0 Å². The molecular weight excluding hydrogens is 326 g/mol. The van der Waals surface area contributed by atoms with Gasteiger partial charge in [0.05, 0.1) is 0 Å². The lowest BCUT2D eigenvalue weighted by Crippen LogP contribution is -2.23. The Morgan fingerprint density at radius 3 is 2.61 bits per heavy atom. The van der Waals surface area contributed by atoms with Crippen molar-refractivity contribution in [3.63, 3.8) is 0 Å². The molecule has 7 heteroatoms. The highest BCUT2D eigenvalue weighted by molar-refractivity contribution is 5.85. The Hall–Kier alpha value is -1.40. The fourth-order valence-electron chi connectivity index (χ4n) is 2.12. The molecule has 0 spiro atoms. The van der Waals surface area contributed by atoms with Gasteiger partial charge in [0.2, 0.25) is 5.91 Å². The summed E-state index contributed by atoms with van der Waals surface area (Å²) in [6, 6.07) is 4.93. The van der Waals surface area contributed by atoms with E-state index in [0.29, 0.717) is 18.5 Å². The van der Waals surface area contributed by atoms with Gasteiger partial charge in [-0.2, -0.15) is 8.78 Å². The predicted octanol–water partition coefficient (Wildman–Crippen LogP) is 3.54. The Morgan fingerprint density at radius 1 is 1.26 bits per heavy atom. The van der Waals surface area contributed by atoms with Gasteiger partial charge in [0.1, 0.15) is 5.75 Å². The van der Waals surface area contributed by atoms with Crippen molar-refractivity contribution in [1.82, 2.24) is 5.32 Å². The average Bonchev–Trinajstić information content (AvgIpc) is 2.47. The topological polar surface area (TPSA) is 64.3 Å². The first-order valence-corrected chi connectivity index (χ1v) is 7.54. The Morgan fingerprint density at radius 2 is 1.96 bits per heavy atom. The maximum atomic E-state index is 12.3. The van der Waals surface area contributed by atoms with Crippen molar-refractivity contribution >= 4 is 18.3 Å². The van der Waals surface area contributed by atoms with Crippen molar-refractivity contribution in [2.24, 2.45) is 5.73 Å². The molecule has 1 aromatic carbocycles. The molecular formula is C16H25ClF2N2O2. The molecule has 0 fully saturated rings. The third-order valence-corrected chi connectivity index (χ3v) is 3.27. The summed E-state index contributed by atoms with van der Waals surface area (Å²) in [5.41, 5.74) is 6.88. The number of rotatable bonds is 10.